The molecule has 0 bridgehead atoms. The minimum absolute atomic E-state index is 0.0798. The SMILES string of the molecule is C#CCOc1nc(Nc2ccccc2CCO)ncc1Br. The number of rotatable bonds is 6. The third-order valence-electron chi connectivity index (χ3n) is 2.65. The maximum atomic E-state index is 9.08. The van der Waals surface area contributed by atoms with Crippen LogP contribution >= 0.6 is 15.9 Å². The van der Waals surface area contributed by atoms with Crippen molar-refractivity contribution in [1.29, 1.82) is 0 Å². The van der Waals surface area contributed by atoms with E-state index in [1.54, 1.807) is 6.20 Å². The molecular formula is C15H14BrN3O2. The molecule has 0 radical (unpaired) electrons. The molecule has 1 aromatic heterocycles. The van der Waals surface area contributed by atoms with Gasteiger partial charge in [0.1, 0.15) is 0 Å². The second-order valence-corrected chi connectivity index (χ2v) is 4.95. The second-order valence-electron chi connectivity index (χ2n) is 4.10. The van der Waals surface area contributed by atoms with Crippen molar-refractivity contribution in [3.8, 4) is 18.2 Å². The van der Waals surface area contributed by atoms with Gasteiger partial charge >= 0.3 is 0 Å². The number of aliphatic hydroxyl groups excluding tert-OH is 1. The van der Waals surface area contributed by atoms with Crippen molar-refractivity contribution < 1.29 is 9.84 Å². The molecule has 108 valence electrons. The van der Waals surface area contributed by atoms with Crippen LogP contribution in [0.3, 0.4) is 0 Å². The minimum Gasteiger partial charge on any atom is -0.464 e. The number of terminal acetylenes is 1. The molecule has 0 saturated carbocycles. The van der Waals surface area contributed by atoms with Gasteiger partial charge in [-0.3, -0.25) is 0 Å². The van der Waals surface area contributed by atoms with E-state index in [4.69, 9.17) is 16.3 Å². The molecule has 1 heterocycles. The van der Waals surface area contributed by atoms with Gasteiger partial charge in [0.15, 0.2) is 6.61 Å². The standard InChI is InChI=1S/C15H14BrN3O2/c1-2-9-21-14-12(16)10-17-15(19-14)18-13-6-4-3-5-11(13)7-8-20/h1,3-6,10,20H,7-9H2,(H,17,18,19). The number of halogens is 1. The van der Waals surface area contributed by atoms with Crippen molar-refractivity contribution in [2.45, 2.75) is 6.42 Å². The molecule has 0 aliphatic rings. The van der Waals surface area contributed by atoms with Crippen LogP contribution in [0.2, 0.25) is 0 Å². The largest absolute Gasteiger partial charge is 0.464 e. The molecule has 6 heteroatoms. The molecule has 21 heavy (non-hydrogen) atoms. The van der Waals surface area contributed by atoms with Gasteiger partial charge < -0.3 is 15.2 Å². The van der Waals surface area contributed by atoms with Crippen LogP contribution in [0, 0.1) is 12.3 Å². The molecular weight excluding hydrogens is 334 g/mol. The van der Waals surface area contributed by atoms with Crippen LogP contribution in [-0.2, 0) is 6.42 Å². The zero-order chi connectivity index (χ0) is 15.1. The van der Waals surface area contributed by atoms with E-state index in [2.05, 4.69) is 37.1 Å². The number of ether oxygens (including phenoxy) is 1. The van der Waals surface area contributed by atoms with Crippen molar-refractivity contribution in [3.05, 3.63) is 40.5 Å². The van der Waals surface area contributed by atoms with Gasteiger partial charge in [-0.15, -0.1) is 6.42 Å². The summed E-state index contributed by atoms with van der Waals surface area (Å²) in [5.74, 6) is 3.17. The normalized spacial score (nSPS) is 9.95. The number of nitrogens with zero attached hydrogens (tertiary/aromatic N) is 2. The highest BCUT2D eigenvalue weighted by Crippen LogP contribution is 2.25. The van der Waals surface area contributed by atoms with Gasteiger partial charge in [-0.2, -0.15) is 4.98 Å². The maximum Gasteiger partial charge on any atom is 0.233 e. The topological polar surface area (TPSA) is 67.3 Å². The van der Waals surface area contributed by atoms with Crippen LogP contribution in [0.15, 0.2) is 34.9 Å². The molecule has 0 spiro atoms. The van der Waals surface area contributed by atoms with Gasteiger partial charge in [0.05, 0.1) is 10.7 Å². The minimum atomic E-state index is 0.0798. The van der Waals surface area contributed by atoms with Crippen molar-refractivity contribution >= 4 is 27.6 Å². The first-order chi connectivity index (χ1) is 10.2. The second kappa shape index (κ2) is 7.62. The Balaban J connectivity index is 2.22. The molecule has 0 atom stereocenters. The first kappa shape index (κ1) is 15.3. The third kappa shape index (κ3) is 4.18. The molecule has 0 fully saturated rings. The Morgan fingerprint density at radius 2 is 2.19 bits per heavy atom. The maximum absolute atomic E-state index is 9.08. The Kier molecular flexibility index (Phi) is 5.55. The first-order valence-corrected chi connectivity index (χ1v) is 7.08. The van der Waals surface area contributed by atoms with E-state index in [-0.39, 0.29) is 13.2 Å². The Hall–Kier alpha value is -2.10. The van der Waals surface area contributed by atoms with Crippen LogP contribution in [-0.4, -0.2) is 28.3 Å². The summed E-state index contributed by atoms with van der Waals surface area (Å²) in [5.41, 5.74) is 1.83. The summed E-state index contributed by atoms with van der Waals surface area (Å²) in [6.45, 7) is 0.215. The molecule has 2 rings (SSSR count). The van der Waals surface area contributed by atoms with E-state index in [0.29, 0.717) is 22.7 Å². The lowest BCUT2D eigenvalue weighted by Gasteiger charge is -2.11. The third-order valence-corrected chi connectivity index (χ3v) is 3.19. The predicted molar refractivity (Wildman–Crippen MR) is 84.6 cm³/mol. The lowest BCUT2D eigenvalue weighted by atomic mass is 10.1. The smallest absolute Gasteiger partial charge is 0.233 e. The summed E-state index contributed by atoms with van der Waals surface area (Å²) in [7, 11) is 0. The highest BCUT2D eigenvalue weighted by molar-refractivity contribution is 9.10. The number of hydrogen-bond acceptors (Lipinski definition) is 5. The van der Waals surface area contributed by atoms with Crippen LogP contribution in [0.5, 0.6) is 5.88 Å². The highest BCUT2D eigenvalue weighted by Gasteiger charge is 2.08. The Bertz CT molecular complexity index is 656. The van der Waals surface area contributed by atoms with Gasteiger partial charge in [0.2, 0.25) is 11.8 Å². The number of aromatic nitrogens is 2. The van der Waals surface area contributed by atoms with E-state index >= 15 is 0 Å². The Labute approximate surface area is 131 Å². The predicted octanol–water partition coefficient (Wildman–Crippen LogP) is 2.53. The molecule has 1 aromatic carbocycles. The lowest BCUT2D eigenvalue weighted by molar-refractivity contribution is 0.300. The van der Waals surface area contributed by atoms with E-state index in [9.17, 15) is 0 Å². The Morgan fingerprint density at radius 3 is 2.95 bits per heavy atom. The van der Waals surface area contributed by atoms with Crippen molar-refractivity contribution in [3.63, 3.8) is 0 Å². The fraction of sp³-hybridized carbons (Fsp3) is 0.200. The fourth-order valence-corrected chi connectivity index (χ4v) is 2.03. The molecule has 0 aliphatic carbocycles. The Morgan fingerprint density at radius 1 is 1.38 bits per heavy atom. The molecule has 0 aliphatic heterocycles. The highest BCUT2D eigenvalue weighted by atomic mass is 79.9. The van der Waals surface area contributed by atoms with Crippen LogP contribution in [0.4, 0.5) is 11.6 Å². The number of anilines is 2. The molecule has 5 nitrogen and oxygen atoms in total. The van der Waals surface area contributed by atoms with Crippen molar-refractivity contribution in [2.24, 2.45) is 0 Å². The van der Waals surface area contributed by atoms with Crippen LogP contribution < -0.4 is 10.1 Å². The van der Waals surface area contributed by atoms with Crippen LogP contribution in [0.1, 0.15) is 5.56 Å². The van der Waals surface area contributed by atoms with Gasteiger partial charge in [0, 0.05) is 12.3 Å². The first-order valence-electron chi connectivity index (χ1n) is 6.29. The summed E-state index contributed by atoms with van der Waals surface area (Å²) in [6, 6.07) is 7.66. The number of aliphatic hydroxyl groups is 1. The van der Waals surface area contributed by atoms with E-state index < -0.39 is 0 Å². The van der Waals surface area contributed by atoms with Gasteiger partial charge in [-0.1, -0.05) is 24.1 Å². The summed E-state index contributed by atoms with van der Waals surface area (Å²) < 4.78 is 5.96. The molecule has 2 N–H and O–H groups in total. The number of benzene rings is 1. The monoisotopic (exact) mass is 347 g/mol. The van der Waals surface area contributed by atoms with Crippen molar-refractivity contribution in [2.75, 3.05) is 18.5 Å². The van der Waals surface area contributed by atoms with E-state index in [0.717, 1.165) is 11.3 Å². The molecule has 2 aromatic rings. The summed E-state index contributed by atoms with van der Waals surface area (Å²) in [6.07, 6.45) is 7.32. The van der Waals surface area contributed by atoms with Gasteiger partial charge in [-0.05, 0) is 34.0 Å². The van der Waals surface area contributed by atoms with Crippen LogP contribution in [0.25, 0.3) is 0 Å². The quantitative estimate of drug-likeness (QED) is 0.786. The average Bonchev–Trinajstić information content (AvgIpc) is 2.50. The molecule has 0 amide bonds. The number of para-hydroxylation sites is 1. The van der Waals surface area contributed by atoms with E-state index in [1.807, 2.05) is 24.3 Å². The van der Waals surface area contributed by atoms with Crippen molar-refractivity contribution in [1.82, 2.24) is 9.97 Å². The number of hydrogen-bond donors (Lipinski definition) is 2. The van der Waals surface area contributed by atoms with Gasteiger partial charge in [-0.25, -0.2) is 4.98 Å². The lowest BCUT2D eigenvalue weighted by Crippen LogP contribution is -2.04. The molecule has 0 saturated heterocycles. The zero-order valence-corrected chi connectivity index (χ0v) is 12.8. The summed E-state index contributed by atoms with van der Waals surface area (Å²) in [4.78, 5) is 8.44. The summed E-state index contributed by atoms with van der Waals surface area (Å²) in [5, 5.41) is 12.2. The molecule has 0 unspecified atom stereocenters. The average molecular weight is 348 g/mol. The fourth-order valence-electron chi connectivity index (χ4n) is 1.72. The number of nitrogens with one attached hydrogen (secondary N) is 1. The zero-order valence-electron chi connectivity index (χ0n) is 11.2. The summed E-state index contributed by atoms with van der Waals surface area (Å²) >= 11 is 3.31. The van der Waals surface area contributed by atoms with E-state index in [1.165, 1.54) is 0 Å². The van der Waals surface area contributed by atoms with Gasteiger partial charge in [0.25, 0.3) is 0 Å².